The molecule has 0 saturated heterocycles. The third kappa shape index (κ3) is 9.26. The van der Waals surface area contributed by atoms with Gasteiger partial charge in [-0.2, -0.15) is 13.2 Å². The van der Waals surface area contributed by atoms with Crippen LogP contribution in [0.1, 0.15) is 26.1 Å². The highest BCUT2D eigenvalue weighted by Gasteiger charge is 2.28. The number of imide groups is 1. The first kappa shape index (κ1) is 22.7. The number of aromatic nitrogens is 3. The number of aryl methyl sites for hydroxylation is 1. The predicted octanol–water partition coefficient (Wildman–Crippen LogP) is 0.832. The van der Waals surface area contributed by atoms with E-state index in [2.05, 4.69) is 10.2 Å². The molecular formula is C14H21F3N6O3S. The number of thioether (sulfide) groups is 1. The number of halogens is 3. The number of nitrogens with two attached hydrogens (primary N) is 1. The quantitative estimate of drug-likeness (QED) is 0.517. The summed E-state index contributed by atoms with van der Waals surface area (Å²) in [7, 11) is 0. The number of nitrogens with one attached hydrogen (secondary N) is 2. The smallest absolute Gasteiger partial charge is 0.370 e. The maximum atomic E-state index is 12.0. The van der Waals surface area contributed by atoms with Gasteiger partial charge in [0.2, 0.25) is 11.8 Å². The minimum atomic E-state index is -4.57. The lowest BCUT2D eigenvalue weighted by Gasteiger charge is -2.12. The molecule has 0 saturated carbocycles. The van der Waals surface area contributed by atoms with Crippen molar-refractivity contribution in [2.24, 2.45) is 11.7 Å². The monoisotopic (exact) mass is 410 g/mol. The van der Waals surface area contributed by atoms with Crippen molar-refractivity contribution < 1.29 is 27.6 Å². The maximum absolute atomic E-state index is 12.0. The van der Waals surface area contributed by atoms with Crippen LogP contribution in [0.4, 0.5) is 18.0 Å². The topological polar surface area (TPSA) is 132 Å². The van der Waals surface area contributed by atoms with Gasteiger partial charge in [-0.1, -0.05) is 25.6 Å². The number of alkyl halides is 3. The molecular weight excluding hydrogens is 389 g/mol. The van der Waals surface area contributed by atoms with Crippen molar-refractivity contribution in [3.8, 4) is 0 Å². The van der Waals surface area contributed by atoms with Gasteiger partial charge in [0.25, 0.3) is 0 Å². The van der Waals surface area contributed by atoms with Crippen molar-refractivity contribution in [3.05, 3.63) is 5.82 Å². The van der Waals surface area contributed by atoms with Gasteiger partial charge >= 0.3 is 12.2 Å². The van der Waals surface area contributed by atoms with Crippen LogP contribution in [0.15, 0.2) is 5.16 Å². The Kier molecular flexibility index (Phi) is 8.53. The SMILES string of the molecule is CC(C)Cn1c(CCC(N)=O)nnc1SCC(=O)NC(=O)NCC(F)(F)F. The van der Waals surface area contributed by atoms with E-state index in [1.165, 1.54) is 5.32 Å². The number of carbonyl (C=O) groups excluding carboxylic acids is 3. The molecule has 1 aromatic heterocycles. The van der Waals surface area contributed by atoms with Gasteiger partial charge in [0.15, 0.2) is 5.16 Å². The van der Waals surface area contributed by atoms with Crippen molar-refractivity contribution in [3.63, 3.8) is 0 Å². The average Bonchev–Trinajstić information content (AvgIpc) is 2.89. The molecule has 0 bridgehead atoms. The normalized spacial score (nSPS) is 11.5. The lowest BCUT2D eigenvalue weighted by Crippen LogP contribution is -2.43. The van der Waals surface area contributed by atoms with Crippen LogP contribution in [0.25, 0.3) is 0 Å². The van der Waals surface area contributed by atoms with Crippen LogP contribution in [0.3, 0.4) is 0 Å². The third-order valence-corrected chi connectivity index (χ3v) is 3.94. The second-order valence-corrected chi connectivity index (χ2v) is 6.95. The van der Waals surface area contributed by atoms with Gasteiger partial charge in [-0.05, 0) is 5.92 Å². The van der Waals surface area contributed by atoms with Crippen molar-refractivity contribution in [1.29, 1.82) is 0 Å². The highest BCUT2D eigenvalue weighted by Crippen LogP contribution is 2.19. The zero-order valence-corrected chi connectivity index (χ0v) is 15.6. The number of hydrogen-bond acceptors (Lipinski definition) is 6. The lowest BCUT2D eigenvalue weighted by atomic mass is 10.2. The summed E-state index contributed by atoms with van der Waals surface area (Å²) < 4.78 is 37.8. The molecule has 4 N–H and O–H groups in total. The standard InChI is InChI=1S/C14H21F3N6O3S/c1-8(2)5-23-10(4-3-9(18)24)21-22-13(23)27-6-11(25)20-12(26)19-7-14(15,16)17/h8H,3-7H2,1-2H3,(H2,18,24)(H2,19,20,25,26). The summed E-state index contributed by atoms with van der Waals surface area (Å²) in [5.41, 5.74) is 5.13. The fraction of sp³-hybridized carbons (Fsp3) is 0.643. The van der Waals surface area contributed by atoms with E-state index in [4.69, 9.17) is 5.73 Å². The van der Waals surface area contributed by atoms with Crippen molar-refractivity contribution in [1.82, 2.24) is 25.4 Å². The summed E-state index contributed by atoms with van der Waals surface area (Å²) in [6.07, 6.45) is -4.17. The molecule has 1 rings (SSSR count). The number of rotatable bonds is 9. The van der Waals surface area contributed by atoms with Gasteiger partial charge in [-0.25, -0.2) is 4.79 Å². The Morgan fingerprint density at radius 3 is 2.48 bits per heavy atom. The average molecular weight is 410 g/mol. The molecule has 0 unspecified atom stereocenters. The van der Waals surface area contributed by atoms with Gasteiger partial charge in [0.1, 0.15) is 12.4 Å². The fourth-order valence-corrected chi connectivity index (χ4v) is 2.68. The van der Waals surface area contributed by atoms with Crippen molar-refractivity contribution in [2.45, 2.75) is 44.6 Å². The summed E-state index contributed by atoms with van der Waals surface area (Å²) >= 11 is 0.977. The molecule has 0 fully saturated rings. The van der Waals surface area contributed by atoms with Crippen LogP contribution in [-0.2, 0) is 22.6 Å². The minimum absolute atomic E-state index is 0.0980. The predicted molar refractivity (Wildman–Crippen MR) is 90.7 cm³/mol. The van der Waals surface area contributed by atoms with E-state index in [9.17, 15) is 27.6 Å². The molecule has 9 nitrogen and oxygen atoms in total. The first-order valence-corrected chi connectivity index (χ1v) is 8.94. The molecule has 13 heteroatoms. The summed E-state index contributed by atoms with van der Waals surface area (Å²) in [4.78, 5) is 33.9. The van der Waals surface area contributed by atoms with Crippen LogP contribution >= 0.6 is 11.8 Å². The molecule has 0 radical (unpaired) electrons. The molecule has 1 aromatic rings. The molecule has 0 aliphatic rings. The fourth-order valence-electron chi connectivity index (χ4n) is 1.91. The molecule has 0 aliphatic heterocycles. The molecule has 0 atom stereocenters. The number of nitrogens with zero attached hydrogens (tertiary/aromatic N) is 3. The summed E-state index contributed by atoms with van der Waals surface area (Å²) in [6.45, 7) is 2.93. The van der Waals surface area contributed by atoms with Crippen LogP contribution in [0.2, 0.25) is 0 Å². The van der Waals surface area contributed by atoms with Gasteiger partial charge < -0.3 is 15.6 Å². The van der Waals surface area contributed by atoms with Crippen LogP contribution in [-0.4, -0.2) is 51.1 Å². The molecule has 152 valence electrons. The molecule has 4 amide bonds. The van der Waals surface area contributed by atoms with E-state index in [0.29, 0.717) is 23.9 Å². The van der Waals surface area contributed by atoms with E-state index in [1.54, 1.807) is 9.88 Å². The zero-order valence-electron chi connectivity index (χ0n) is 14.8. The molecule has 0 aromatic carbocycles. The van der Waals surface area contributed by atoms with E-state index in [0.717, 1.165) is 11.8 Å². The van der Waals surface area contributed by atoms with Crippen LogP contribution in [0, 0.1) is 5.92 Å². The number of hydrogen-bond donors (Lipinski definition) is 3. The lowest BCUT2D eigenvalue weighted by molar-refractivity contribution is -0.124. The number of urea groups is 1. The summed E-state index contributed by atoms with van der Waals surface area (Å²) in [5.74, 6) is -0.737. The van der Waals surface area contributed by atoms with Gasteiger partial charge in [0.05, 0.1) is 5.75 Å². The van der Waals surface area contributed by atoms with E-state index in [1.807, 2.05) is 13.8 Å². The van der Waals surface area contributed by atoms with E-state index in [-0.39, 0.29) is 18.1 Å². The second-order valence-electron chi connectivity index (χ2n) is 6.00. The van der Waals surface area contributed by atoms with Crippen LogP contribution in [0.5, 0.6) is 0 Å². The Morgan fingerprint density at radius 1 is 1.26 bits per heavy atom. The van der Waals surface area contributed by atoms with Crippen LogP contribution < -0.4 is 16.4 Å². The Labute approximate surface area is 157 Å². The number of primary amides is 1. The Morgan fingerprint density at radius 2 is 1.93 bits per heavy atom. The number of amides is 4. The van der Waals surface area contributed by atoms with Gasteiger partial charge in [-0.3, -0.25) is 14.9 Å². The minimum Gasteiger partial charge on any atom is -0.370 e. The molecule has 1 heterocycles. The van der Waals surface area contributed by atoms with E-state index >= 15 is 0 Å². The first-order chi connectivity index (χ1) is 12.5. The first-order valence-electron chi connectivity index (χ1n) is 7.95. The van der Waals surface area contributed by atoms with Gasteiger partial charge in [0, 0.05) is 19.4 Å². The third-order valence-electron chi connectivity index (χ3n) is 2.97. The van der Waals surface area contributed by atoms with Crippen molar-refractivity contribution in [2.75, 3.05) is 12.3 Å². The summed E-state index contributed by atoms with van der Waals surface area (Å²) in [5, 5.41) is 11.7. The number of carbonyl (C=O) groups is 3. The molecule has 27 heavy (non-hydrogen) atoms. The maximum Gasteiger partial charge on any atom is 0.405 e. The summed E-state index contributed by atoms with van der Waals surface area (Å²) in [6, 6.07) is -1.23. The Balaban J connectivity index is 2.63. The second kappa shape index (κ2) is 10.1. The van der Waals surface area contributed by atoms with E-state index < -0.39 is 30.6 Å². The Hall–Kier alpha value is -2.31. The largest absolute Gasteiger partial charge is 0.405 e. The van der Waals surface area contributed by atoms with Crippen molar-refractivity contribution >= 4 is 29.6 Å². The molecule has 0 spiro atoms. The highest BCUT2D eigenvalue weighted by atomic mass is 32.2. The van der Waals surface area contributed by atoms with Gasteiger partial charge in [-0.15, -0.1) is 10.2 Å². The highest BCUT2D eigenvalue weighted by molar-refractivity contribution is 7.99. The zero-order chi connectivity index (χ0) is 20.6. The Bertz CT molecular complexity index is 678. The molecule has 0 aliphatic carbocycles.